The van der Waals surface area contributed by atoms with E-state index < -0.39 is 11.5 Å². The van der Waals surface area contributed by atoms with Crippen molar-refractivity contribution >= 4 is 31.1 Å². The topological polar surface area (TPSA) is 106 Å². The molecule has 0 aromatic heterocycles. The van der Waals surface area contributed by atoms with Crippen LogP contribution in [0.25, 0.3) is 11.1 Å². The summed E-state index contributed by atoms with van der Waals surface area (Å²) in [6, 6.07) is 7.00. The molecule has 0 fully saturated rings. The molecule has 1 N–H and O–H groups in total. The molecule has 114 valence electrons. The van der Waals surface area contributed by atoms with Gasteiger partial charge in [-0.15, -0.1) is 0 Å². The summed E-state index contributed by atoms with van der Waals surface area (Å²) in [6.45, 7) is 0. The highest BCUT2D eigenvalue weighted by Crippen LogP contribution is 2.31. The fourth-order valence-electron chi connectivity index (χ4n) is 2.37. The van der Waals surface area contributed by atoms with Crippen LogP contribution in [0.3, 0.4) is 0 Å². The van der Waals surface area contributed by atoms with E-state index in [-0.39, 0.29) is 39.7 Å². The first kappa shape index (κ1) is 16.0. The van der Waals surface area contributed by atoms with Crippen molar-refractivity contribution in [3.8, 4) is 11.1 Å². The van der Waals surface area contributed by atoms with Crippen LogP contribution in [-0.2, 0) is 0 Å². The van der Waals surface area contributed by atoms with E-state index in [2.05, 4.69) is 0 Å². The molecule has 0 aliphatic heterocycles. The maximum atomic E-state index is 11.6. The maximum absolute atomic E-state index is 11.6. The van der Waals surface area contributed by atoms with Crippen molar-refractivity contribution in [1.82, 2.24) is 0 Å². The Bertz CT molecular complexity index is 835. The normalized spacial score (nSPS) is 9.91. The predicted molar refractivity (Wildman–Crippen MR) is 80.4 cm³/mol. The van der Waals surface area contributed by atoms with E-state index in [0.29, 0.717) is 18.9 Å². The molecule has 23 heavy (non-hydrogen) atoms. The number of carbonyl (C=O) groups excluding carboxylic acids is 4. The van der Waals surface area contributed by atoms with Crippen LogP contribution in [0, 0.1) is 0 Å². The van der Waals surface area contributed by atoms with Gasteiger partial charge in [0, 0.05) is 22.3 Å². The molecule has 0 atom stereocenters. The lowest BCUT2D eigenvalue weighted by molar-refractivity contribution is 0.0694. The number of aldehydes is 4. The maximum Gasteiger partial charge on any atom is 0.337 e. The minimum atomic E-state index is -1.42. The SMILES string of the molecule is O=Cc1cccc(-c2ccc(C=O)c(C=O)c2C(=O)O)c1C=O. The molecule has 2 aromatic rings. The number of benzene rings is 2. The van der Waals surface area contributed by atoms with E-state index in [4.69, 9.17) is 0 Å². The molecular formula is C17H10O6. The Morgan fingerprint density at radius 3 is 1.87 bits per heavy atom. The quantitative estimate of drug-likeness (QED) is 0.821. The van der Waals surface area contributed by atoms with Crippen molar-refractivity contribution in [2.24, 2.45) is 0 Å². The minimum Gasteiger partial charge on any atom is -0.478 e. The summed E-state index contributed by atoms with van der Waals surface area (Å²) >= 11 is 0. The largest absolute Gasteiger partial charge is 0.478 e. The van der Waals surface area contributed by atoms with Crippen LogP contribution in [0.5, 0.6) is 0 Å². The highest BCUT2D eigenvalue weighted by Gasteiger charge is 2.22. The third kappa shape index (κ3) is 2.69. The number of hydrogen-bond acceptors (Lipinski definition) is 5. The fourth-order valence-corrected chi connectivity index (χ4v) is 2.37. The van der Waals surface area contributed by atoms with Crippen molar-refractivity contribution in [1.29, 1.82) is 0 Å². The van der Waals surface area contributed by atoms with Gasteiger partial charge in [0.1, 0.15) is 0 Å². The molecule has 0 saturated carbocycles. The first-order valence-electron chi connectivity index (χ1n) is 6.43. The minimum absolute atomic E-state index is 0.0145. The molecular weight excluding hydrogens is 300 g/mol. The van der Waals surface area contributed by atoms with Gasteiger partial charge in [-0.2, -0.15) is 0 Å². The van der Waals surface area contributed by atoms with Crippen LogP contribution < -0.4 is 0 Å². The summed E-state index contributed by atoms with van der Waals surface area (Å²) < 4.78 is 0. The van der Waals surface area contributed by atoms with Gasteiger partial charge in [-0.1, -0.05) is 30.3 Å². The van der Waals surface area contributed by atoms with Gasteiger partial charge in [-0.05, 0) is 11.1 Å². The summed E-state index contributed by atoms with van der Waals surface area (Å²) in [5.41, 5.74) is -0.352. The summed E-state index contributed by atoms with van der Waals surface area (Å²) in [6.07, 6.45) is 1.58. The molecule has 6 nitrogen and oxygen atoms in total. The van der Waals surface area contributed by atoms with Gasteiger partial charge in [0.15, 0.2) is 25.1 Å². The van der Waals surface area contributed by atoms with Crippen molar-refractivity contribution in [3.63, 3.8) is 0 Å². The third-order valence-corrected chi connectivity index (χ3v) is 3.41. The molecule has 0 saturated heterocycles. The highest BCUT2D eigenvalue weighted by atomic mass is 16.4. The lowest BCUT2D eigenvalue weighted by atomic mass is 9.89. The number of rotatable bonds is 6. The Balaban J connectivity index is 2.92. The van der Waals surface area contributed by atoms with Gasteiger partial charge >= 0.3 is 5.97 Å². The van der Waals surface area contributed by atoms with E-state index in [1.807, 2.05) is 0 Å². The monoisotopic (exact) mass is 310 g/mol. The lowest BCUT2D eigenvalue weighted by Crippen LogP contribution is -2.09. The van der Waals surface area contributed by atoms with E-state index in [9.17, 15) is 29.1 Å². The molecule has 0 radical (unpaired) electrons. The third-order valence-electron chi connectivity index (χ3n) is 3.41. The van der Waals surface area contributed by atoms with Crippen LogP contribution >= 0.6 is 0 Å². The van der Waals surface area contributed by atoms with Gasteiger partial charge in [-0.3, -0.25) is 19.2 Å². The van der Waals surface area contributed by atoms with Gasteiger partial charge < -0.3 is 5.11 Å². The fraction of sp³-hybridized carbons (Fsp3) is 0. The van der Waals surface area contributed by atoms with Gasteiger partial charge in [0.05, 0.1) is 5.56 Å². The highest BCUT2D eigenvalue weighted by molar-refractivity contribution is 6.09. The Hall–Kier alpha value is -3.41. The first-order chi connectivity index (χ1) is 11.1. The number of carboxylic acid groups (broad SMARTS) is 1. The summed E-state index contributed by atoms with van der Waals surface area (Å²) in [4.78, 5) is 56.1. The second-order valence-corrected chi connectivity index (χ2v) is 4.58. The van der Waals surface area contributed by atoms with E-state index in [0.717, 1.165) is 0 Å². The van der Waals surface area contributed by atoms with Crippen LogP contribution in [0.1, 0.15) is 51.8 Å². The molecule has 0 spiro atoms. The van der Waals surface area contributed by atoms with Crippen LogP contribution in [0.15, 0.2) is 30.3 Å². The molecule has 0 aliphatic carbocycles. The zero-order valence-electron chi connectivity index (χ0n) is 11.7. The van der Waals surface area contributed by atoms with Gasteiger partial charge in [0.25, 0.3) is 0 Å². The van der Waals surface area contributed by atoms with E-state index >= 15 is 0 Å². The van der Waals surface area contributed by atoms with Crippen LogP contribution in [0.4, 0.5) is 0 Å². The summed E-state index contributed by atoms with van der Waals surface area (Å²) in [7, 11) is 0. The smallest absolute Gasteiger partial charge is 0.337 e. The average Bonchev–Trinajstić information content (AvgIpc) is 2.59. The van der Waals surface area contributed by atoms with Crippen molar-refractivity contribution in [3.05, 3.63) is 58.1 Å². The Morgan fingerprint density at radius 1 is 0.739 bits per heavy atom. The summed E-state index contributed by atoms with van der Waals surface area (Å²) in [5.74, 6) is -1.42. The molecule has 0 unspecified atom stereocenters. The van der Waals surface area contributed by atoms with Crippen LogP contribution in [-0.4, -0.2) is 36.2 Å². The van der Waals surface area contributed by atoms with Gasteiger partial charge in [-0.25, -0.2) is 4.79 Å². The molecule has 0 aliphatic rings. The Labute approximate surface area is 130 Å². The second-order valence-electron chi connectivity index (χ2n) is 4.58. The lowest BCUT2D eigenvalue weighted by Gasteiger charge is -2.13. The van der Waals surface area contributed by atoms with Crippen LogP contribution in [0.2, 0.25) is 0 Å². The molecule has 2 rings (SSSR count). The molecule has 6 heteroatoms. The first-order valence-corrected chi connectivity index (χ1v) is 6.43. The number of carbonyl (C=O) groups is 5. The zero-order chi connectivity index (χ0) is 17.0. The second kappa shape index (κ2) is 6.57. The van der Waals surface area contributed by atoms with Crippen molar-refractivity contribution in [2.45, 2.75) is 0 Å². The standard InChI is InChI=1S/C17H10O6/c18-6-10-2-1-3-12(14(10)8-20)13-5-4-11(7-19)15(9-21)16(13)17(22)23/h1-9H,(H,22,23). The number of hydrogen-bond donors (Lipinski definition) is 1. The van der Waals surface area contributed by atoms with Crippen molar-refractivity contribution in [2.75, 3.05) is 0 Å². The predicted octanol–water partition coefficient (Wildman–Crippen LogP) is 2.30. The zero-order valence-corrected chi connectivity index (χ0v) is 11.7. The summed E-state index contributed by atoms with van der Waals surface area (Å²) in [5, 5.41) is 9.42. The molecule has 0 heterocycles. The van der Waals surface area contributed by atoms with E-state index in [1.54, 1.807) is 0 Å². The number of aromatic carboxylic acids is 1. The van der Waals surface area contributed by atoms with Gasteiger partial charge in [0.2, 0.25) is 0 Å². The van der Waals surface area contributed by atoms with Crippen molar-refractivity contribution < 1.29 is 29.1 Å². The molecule has 0 bridgehead atoms. The number of carboxylic acids is 1. The average molecular weight is 310 g/mol. The molecule has 0 amide bonds. The molecule has 2 aromatic carbocycles. The van der Waals surface area contributed by atoms with E-state index in [1.165, 1.54) is 30.3 Å². The Kier molecular flexibility index (Phi) is 4.56. The Morgan fingerprint density at radius 2 is 1.35 bits per heavy atom.